The Morgan fingerprint density at radius 3 is 2.24 bits per heavy atom. The first kappa shape index (κ1) is 11.2. The molecule has 1 heterocycles. The van der Waals surface area contributed by atoms with E-state index in [9.17, 15) is 0 Å². The van der Waals surface area contributed by atoms with E-state index >= 15 is 0 Å². The van der Waals surface area contributed by atoms with Crippen LogP contribution in [0.1, 0.15) is 24.0 Å². The van der Waals surface area contributed by atoms with E-state index in [-0.39, 0.29) is 0 Å². The number of hydrogen-bond donors (Lipinski definition) is 1. The van der Waals surface area contributed by atoms with Crippen molar-refractivity contribution in [1.29, 1.82) is 0 Å². The zero-order valence-corrected chi connectivity index (χ0v) is 10.4. The monoisotopic (exact) mass is 230 g/mol. The minimum absolute atomic E-state index is 0.413. The summed E-state index contributed by atoms with van der Waals surface area (Å²) in [5.41, 5.74) is 9.30. The Hall–Kier alpha value is -0.860. The molecule has 1 saturated carbocycles. The fourth-order valence-electron chi connectivity index (χ4n) is 2.87. The van der Waals surface area contributed by atoms with Gasteiger partial charge < -0.3 is 10.6 Å². The van der Waals surface area contributed by atoms with Gasteiger partial charge in [-0.1, -0.05) is 24.3 Å². The van der Waals surface area contributed by atoms with E-state index in [1.807, 2.05) is 0 Å². The first-order valence-corrected chi connectivity index (χ1v) is 6.87. The van der Waals surface area contributed by atoms with Gasteiger partial charge in [0.25, 0.3) is 0 Å². The van der Waals surface area contributed by atoms with Crippen LogP contribution < -0.4 is 5.73 Å². The number of hydrogen-bond acceptors (Lipinski definition) is 2. The number of rotatable bonds is 3. The molecule has 1 aromatic carbocycles. The van der Waals surface area contributed by atoms with Gasteiger partial charge in [-0.15, -0.1) is 0 Å². The van der Waals surface area contributed by atoms with Crippen molar-refractivity contribution in [3.8, 4) is 0 Å². The maximum absolute atomic E-state index is 6.22. The standard InChI is InChI=1S/C15H22N2/c16-15(14-5-6-14)11-17-9-7-12-3-1-2-4-13(12)8-10-17/h1-4,14-15H,5-11,16H2. The van der Waals surface area contributed by atoms with E-state index < -0.39 is 0 Å². The van der Waals surface area contributed by atoms with E-state index in [0.29, 0.717) is 6.04 Å². The van der Waals surface area contributed by atoms with Gasteiger partial charge in [0.15, 0.2) is 0 Å². The zero-order chi connectivity index (χ0) is 11.7. The van der Waals surface area contributed by atoms with E-state index in [4.69, 9.17) is 5.73 Å². The summed E-state index contributed by atoms with van der Waals surface area (Å²) in [6.07, 6.45) is 5.09. The Bertz CT molecular complexity index is 357. The Morgan fingerprint density at radius 2 is 1.71 bits per heavy atom. The number of fused-ring (bicyclic) bond motifs is 1. The van der Waals surface area contributed by atoms with Crippen LogP contribution in [0.4, 0.5) is 0 Å². The second-order valence-electron chi connectivity index (χ2n) is 5.57. The molecule has 3 rings (SSSR count). The molecule has 0 aromatic heterocycles. The third-order valence-electron chi connectivity index (χ3n) is 4.21. The number of nitrogens with zero attached hydrogens (tertiary/aromatic N) is 1. The lowest BCUT2D eigenvalue weighted by molar-refractivity contribution is 0.260. The summed E-state index contributed by atoms with van der Waals surface area (Å²) in [6, 6.07) is 9.28. The molecule has 17 heavy (non-hydrogen) atoms. The minimum atomic E-state index is 0.413. The van der Waals surface area contributed by atoms with Gasteiger partial charge in [-0.05, 0) is 42.7 Å². The van der Waals surface area contributed by atoms with Crippen molar-refractivity contribution >= 4 is 0 Å². The molecule has 92 valence electrons. The van der Waals surface area contributed by atoms with Crippen molar-refractivity contribution in [3.05, 3.63) is 35.4 Å². The lowest BCUT2D eigenvalue weighted by Crippen LogP contribution is -2.40. The van der Waals surface area contributed by atoms with E-state index in [1.54, 1.807) is 0 Å². The Labute approximate surface area is 104 Å². The number of benzene rings is 1. The van der Waals surface area contributed by atoms with Gasteiger partial charge in [0.1, 0.15) is 0 Å². The smallest absolute Gasteiger partial charge is 0.0196 e. The van der Waals surface area contributed by atoms with Crippen LogP contribution in [0, 0.1) is 5.92 Å². The van der Waals surface area contributed by atoms with Crippen molar-refractivity contribution in [3.63, 3.8) is 0 Å². The molecule has 0 amide bonds. The molecule has 0 spiro atoms. The average Bonchev–Trinajstić information content (AvgIpc) is 3.16. The molecule has 1 atom stereocenters. The van der Waals surface area contributed by atoms with Crippen molar-refractivity contribution in [1.82, 2.24) is 4.90 Å². The molecule has 1 aliphatic carbocycles. The highest BCUT2D eigenvalue weighted by atomic mass is 15.1. The molecule has 0 bridgehead atoms. The Kier molecular flexibility index (Phi) is 3.17. The SMILES string of the molecule is NC(CN1CCc2ccccc2CC1)C1CC1. The van der Waals surface area contributed by atoms with Crippen molar-refractivity contribution in [2.24, 2.45) is 11.7 Å². The van der Waals surface area contributed by atoms with Crippen molar-refractivity contribution in [2.75, 3.05) is 19.6 Å². The molecule has 1 fully saturated rings. The fourth-order valence-corrected chi connectivity index (χ4v) is 2.87. The van der Waals surface area contributed by atoms with E-state index in [0.717, 1.165) is 12.5 Å². The van der Waals surface area contributed by atoms with Gasteiger partial charge >= 0.3 is 0 Å². The van der Waals surface area contributed by atoms with Crippen LogP contribution in [0.25, 0.3) is 0 Å². The molecule has 2 nitrogen and oxygen atoms in total. The molecule has 2 heteroatoms. The molecule has 2 aliphatic rings. The highest BCUT2D eigenvalue weighted by Crippen LogP contribution is 2.32. The summed E-state index contributed by atoms with van der Waals surface area (Å²) in [6.45, 7) is 3.45. The molecular formula is C15H22N2. The molecule has 1 aromatic rings. The Balaban J connectivity index is 1.60. The normalized spacial score (nSPS) is 22.9. The second-order valence-corrected chi connectivity index (χ2v) is 5.57. The second kappa shape index (κ2) is 4.79. The first-order chi connectivity index (χ1) is 8.33. The summed E-state index contributed by atoms with van der Waals surface area (Å²) < 4.78 is 0. The lowest BCUT2D eigenvalue weighted by atomic mass is 10.0. The molecule has 1 unspecified atom stereocenters. The van der Waals surface area contributed by atoms with Crippen molar-refractivity contribution < 1.29 is 0 Å². The maximum Gasteiger partial charge on any atom is 0.0196 e. The van der Waals surface area contributed by atoms with E-state index in [1.165, 1.54) is 49.9 Å². The van der Waals surface area contributed by atoms with Gasteiger partial charge in [0.05, 0.1) is 0 Å². The maximum atomic E-state index is 6.22. The van der Waals surface area contributed by atoms with Crippen LogP contribution in [0.15, 0.2) is 24.3 Å². The summed E-state index contributed by atoms with van der Waals surface area (Å²) in [4.78, 5) is 2.56. The zero-order valence-electron chi connectivity index (χ0n) is 10.4. The van der Waals surface area contributed by atoms with Gasteiger partial charge in [-0.3, -0.25) is 0 Å². The molecule has 1 aliphatic heterocycles. The molecule has 0 radical (unpaired) electrons. The van der Waals surface area contributed by atoms with Gasteiger partial charge in [-0.2, -0.15) is 0 Å². The van der Waals surface area contributed by atoms with Crippen LogP contribution >= 0.6 is 0 Å². The first-order valence-electron chi connectivity index (χ1n) is 6.87. The van der Waals surface area contributed by atoms with Crippen LogP contribution in [0.2, 0.25) is 0 Å². The Morgan fingerprint density at radius 1 is 1.12 bits per heavy atom. The summed E-state index contributed by atoms with van der Waals surface area (Å²) >= 11 is 0. The van der Waals surface area contributed by atoms with Gasteiger partial charge in [-0.25, -0.2) is 0 Å². The van der Waals surface area contributed by atoms with Crippen molar-refractivity contribution in [2.45, 2.75) is 31.7 Å². The van der Waals surface area contributed by atoms with Crippen LogP contribution in [-0.2, 0) is 12.8 Å². The highest BCUT2D eigenvalue weighted by molar-refractivity contribution is 5.28. The van der Waals surface area contributed by atoms with Gasteiger partial charge in [0, 0.05) is 25.7 Å². The lowest BCUT2D eigenvalue weighted by Gasteiger charge is -2.23. The highest BCUT2D eigenvalue weighted by Gasteiger charge is 2.29. The summed E-state index contributed by atoms with van der Waals surface area (Å²) in [5, 5.41) is 0. The number of nitrogens with two attached hydrogens (primary N) is 1. The fraction of sp³-hybridized carbons (Fsp3) is 0.600. The molecule has 0 saturated heterocycles. The summed E-state index contributed by atoms with van der Waals surface area (Å²) in [5.74, 6) is 0.820. The predicted molar refractivity (Wildman–Crippen MR) is 71.0 cm³/mol. The third-order valence-corrected chi connectivity index (χ3v) is 4.21. The largest absolute Gasteiger partial charge is 0.326 e. The minimum Gasteiger partial charge on any atom is -0.326 e. The average molecular weight is 230 g/mol. The van der Waals surface area contributed by atoms with Gasteiger partial charge in [0.2, 0.25) is 0 Å². The quantitative estimate of drug-likeness (QED) is 0.858. The molecule has 2 N–H and O–H groups in total. The topological polar surface area (TPSA) is 29.3 Å². The van der Waals surface area contributed by atoms with Crippen LogP contribution in [-0.4, -0.2) is 30.6 Å². The van der Waals surface area contributed by atoms with Crippen LogP contribution in [0.3, 0.4) is 0 Å². The summed E-state index contributed by atoms with van der Waals surface area (Å²) in [7, 11) is 0. The predicted octanol–water partition coefficient (Wildman–Crippen LogP) is 1.82. The van der Waals surface area contributed by atoms with Crippen LogP contribution in [0.5, 0.6) is 0 Å². The van der Waals surface area contributed by atoms with E-state index in [2.05, 4.69) is 29.2 Å². The molecular weight excluding hydrogens is 208 g/mol. The third kappa shape index (κ3) is 2.70.